The Balaban J connectivity index is 2.11. The number of hydrogen-bond acceptors (Lipinski definition) is 3. The summed E-state index contributed by atoms with van der Waals surface area (Å²) in [6.07, 6.45) is 1.66. The number of rotatable bonds is 1. The number of carbonyl (C=O) groups is 1. The van der Waals surface area contributed by atoms with Gasteiger partial charge >= 0.3 is 0 Å². The molecule has 1 aromatic carbocycles. The van der Waals surface area contributed by atoms with Gasteiger partial charge in [0.1, 0.15) is 0 Å². The number of carbonyl (C=O) groups excluding carboxylic acids is 1. The Hall–Kier alpha value is -1.55. The minimum absolute atomic E-state index is 0.133. The quantitative estimate of drug-likeness (QED) is 0.755. The van der Waals surface area contributed by atoms with Crippen LogP contribution in [0.2, 0.25) is 0 Å². The molecule has 3 rings (SSSR count). The molecule has 0 N–H and O–H groups in total. The predicted molar refractivity (Wildman–Crippen MR) is 63.9 cm³/mol. The monoisotopic (exact) mass is 230 g/mol. The number of benzene rings is 1. The van der Waals surface area contributed by atoms with Gasteiger partial charge in [0.25, 0.3) is 0 Å². The standard InChI is InChI=1S/C12H10N2OS/c1-8-2-4-9(5-3-8)14-11-7-16-12(15)10(11)6-13-14/h2-6H,7H2,1H3. The Morgan fingerprint density at radius 1 is 1.31 bits per heavy atom. The van der Waals surface area contributed by atoms with Crippen LogP contribution >= 0.6 is 11.8 Å². The molecule has 0 saturated heterocycles. The summed E-state index contributed by atoms with van der Waals surface area (Å²) in [5, 5.41) is 4.40. The molecule has 0 bridgehead atoms. The van der Waals surface area contributed by atoms with Gasteiger partial charge in [0.05, 0.1) is 23.1 Å². The molecule has 1 aliphatic heterocycles. The fourth-order valence-corrected chi connectivity index (χ4v) is 2.67. The van der Waals surface area contributed by atoms with Crippen molar-refractivity contribution in [2.24, 2.45) is 0 Å². The lowest BCUT2D eigenvalue weighted by Crippen LogP contribution is -2.00. The molecule has 1 aliphatic rings. The first kappa shape index (κ1) is 9.66. The highest BCUT2D eigenvalue weighted by Gasteiger charge is 2.25. The lowest BCUT2D eigenvalue weighted by molar-refractivity contribution is 0.109. The van der Waals surface area contributed by atoms with Crippen molar-refractivity contribution < 1.29 is 4.79 Å². The fraction of sp³-hybridized carbons (Fsp3) is 0.167. The molecule has 2 heterocycles. The number of hydrogen-bond donors (Lipinski definition) is 0. The Morgan fingerprint density at radius 2 is 2.06 bits per heavy atom. The SMILES string of the molecule is Cc1ccc(-n2ncc3c2CSC3=O)cc1. The van der Waals surface area contributed by atoms with Crippen LogP contribution in [0.25, 0.3) is 5.69 Å². The fourth-order valence-electron chi connectivity index (χ4n) is 1.80. The van der Waals surface area contributed by atoms with E-state index in [4.69, 9.17) is 0 Å². The number of aromatic nitrogens is 2. The van der Waals surface area contributed by atoms with Gasteiger partial charge in [0.2, 0.25) is 5.12 Å². The molecule has 0 unspecified atom stereocenters. The average Bonchev–Trinajstić information content (AvgIpc) is 2.84. The van der Waals surface area contributed by atoms with Crippen molar-refractivity contribution >= 4 is 16.9 Å². The van der Waals surface area contributed by atoms with Crippen molar-refractivity contribution in [3.63, 3.8) is 0 Å². The lowest BCUT2D eigenvalue weighted by atomic mass is 10.2. The van der Waals surface area contributed by atoms with Crippen LogP contribution in [0.4, 0.5) is 0 Å². The minimum atomic E-state index is 0.133. The van der Waals surface area contributed by atoms with Gasteiger partial charge in [-0.1, -0.05) is 29.5 Å². The maximum atomic E-state index is 11.5. The highest BCUT2D eigenvalue weighted by Crippen LogP contribution is 2.30. The predicted octanol–water partition coefficient (Wildman–Crippen LogP) is 2.57. The third-order valence-corrected chi connectivity index (χ3v) is 3.61. The average molecular weight is 230 g/mol. The van der Waals surface area contributed by atoms with E-state index in [1.165, 1.54) is 17.3 Å². The number of fused-ring (bicyclic) bond motifs is 1. The van der Waals surface area contributed by atoms with E-state index >= 15 is 0 Å². The second kappa shape index (κ2) is 3.49. The number of aryl methyl sites for hydroxylation is 1. The summed E-state index contributed by atoms with van der Waals surface area (Å²) in [4.78, 5) is 11.5. The zero-order chi connectivity index (χ0) is 11.1. The zero-order valence-corrected chi connectivity index (χ0v) is 9.62. The molecule has 1 aromatic heterocycles. The lowest BCUT2D eigenvalue weighted by Gasteiger charge is -2.04. The van der Waals surface area contributed by atoms with E-state index < -0.39 is 0 Å². The van der Waals surface area contributed by atoms with E-state index in [0.717, 1.165) is 22.7 Å². The van der Waals surface area contributed by atoms with Gasteiger partial charge < -0.3 is 0 Å². The summed E-state index contributed by atoms with van der Waals surface area (Å²) in [6.45, 7) is 2.05. The van der Waals surface area contributed by atoms with Crippen LogP contribution in [-0.2, 0) is 5.75 Å². The van der Waals surface area contributed by atoms with Crippen molar-refractivity contribution in [2.45, 2.75) is 12.7 Å². The normalized spacial score (nSPS) is 14.2. The van der Waals surface area contributed by atoms with E-state index in [2.05, 4.69) is 12.0 Å². The van der Waals surface area contributed by atoms with Crippen LogP contribution in [0.1, 0.15) is 21.6 Å². The van der Waals surface area contributed by atoms with Crippen LogP contribution in [0.5, 0.6) is 0 Å². The Labute approximate surface area is 97.5 Å². The van der Waals surface area contributed by atoms with Crippen LogP contribution in [0, 0.1) is 6.92 Å². The van der Waals surface area contributed by atoms with E-state index in [1.807, 2.05) is 28.9 Å². The smallest absolute Gasteiger partial charge is 0.223 e. The van der Waals surface area contributed by atoms with E-state index in [0.29, 0.717) is 0 Å². The van der Waals surface area contributed by atoms with Crippen molar-refractivity contribution in [3.8, 4) is 5.69 Å². The Kier molecular flexibility index (Phi) is 2.11. The van der Waals surface area contributed by atoms with Gasteiger partial charge in [0, 0.05) is 5.75 Å². The second-order valence-corrected chi connectivity index (χ2v) is 4.78. The highest BCUT2D eigenvalue weighted by molar-refractivity contribution is 8.13. The third-order valence-electron chi connectivity index (χ3n) is 2.71. The maximum absolute atomic E-state index is 11.5. The Morgan fingerprint density at radius 3 is 2.81 bits per heavy atom. The number of thioether (sulfide) groups is 1. The summed E-state index contributed by atoms with van der Waals surface area (Å²) in [5.74, 6) is 0.724. The van der Waals surface area contributed by atoms with Gasteiger partial charge in [-0.25, -0.2) is 4.68 Å². The minimum Gasteiger partial charge on any atom is -0.281 e. The molecule has 80 valence electrons. The van der Waals surface area contributed by atoms with Gasteiger partial charge in [0.15, 0.2) is 0 Å². The number of nitrogens with zero attached hydrogens (tertiary/aromatic N) is 2. The molecule has 0 saturated carbocycles. The maximum Gasteiger partial charge on any atom is 0.223 e. The Bertz CT molecular complexity index is 557. The molecule has 16 heavy (non-hydrogen) atoms. The van der Waals surface area contributed by atoms with Gasteiger partial charge in [-0.3, -0.25) is 4.79 Å². The van der Waals surface area contributed by atoms with Crippen LogP contribution in [0.15, 0.2) is 30.5 Å². The first-order valence-corrected chi connectivity index (χ1v) is 6.05. The van der Waals surface area contributed by atoms with Crippen molar-refractivity contribution in [1.29, 1.82) is 0 Å². The van der Waals surface area contributed by atoms with Crippen molar-refractivity contribution in [2.75, 3.05) is 0 Å². The molecule has 0 amide bonds. The van der Waals surface area contributed by atoms with Crippen molar-refractivity contribution in [1.82, 2.24) is 9.78 Å². The van der Waals surface area contributed by atoms with Crippen molar-refractivity contribution in [3.05, 3.63) is 47.3 Å². The molecule has 0 atom stereocenters. The topological polar surface area (TPSA) is 34.9 Å². The summed E-state index contributed by atoms with van der Waals surface area (Å²) in [7, 11) is 0. The molecule has 0 aliphatic carbocycles. The van der Waals surface area contributed by atoms with E-state index in [9.17, 15) is 4.79 Å². The van der Waals surface area contributed by atoms with Gasteiger partial charge in [-0.05, 0) is 19.1 Å². The molecule has 0 radical (unpaired) electrons. The first-order chi connectivity index (χ1) is 7.75. The van der Waals surface area contributed by atoms with Crippen LogP contribution < -0.4 is 0 Å². The van der Waals surface area contributed by atoms with Crippen LogP contribution in [0.3, 0.4) is 0 Å². The summed E-state index contributed by atoms with van der Waals surface area (Å²) >= 11 is 1.34. The molecule has 3 nitrogen and oxygen atoms in total. The third kappa shape index (κ3) is 1.38. The molecule has 4 heteroatoms. The summed E-state index contributed by atoms with van der Waals surface area (Å²) in [5.41, 5.74) is 4.00. The van der Waals surface area contributed by atoms with Gasteiger partial charge in [-0.2, -0.15) is 5.10 Å². The summed E-state index contributed by atoms with van der Waals surface area (Å²) in [6, 6.07) is 8.15. The zero-order valence-electron chi connectivity index (χ0n) is 8.80. The van der Waals surface area contributed by atoms with E-state index in [1.54, 1.807) is 6.20 Å². The van der Waals surface area contributed by atoms with Gasteiger partial charge in [-0.15, -0.1) is 0 Å². The molecule has 0 spiro atoms. The first-order valence-electron chi connectivity index (χ1n) is 5.07. The highest BCUT2D eigenvalue weighted by atomic mass is 32.2. The molecule has 0 fully saturated rings. The largest absolute Gasteiger partial charge is 0.281 e. The molecule has 2 aromatic rings. The molecular formula is C12H10N2OS. The second-order valence-electron chi connectivity index (χ2n) is 3.83. The molecular weight excluding hydrogens is 220 g/mol. The summed E-state index contributed by atoms with van der Waals surface area (Å²) < 4.78 is 1.85. The van der Waals surface area contributed by atoms with Crippen LogP contribution in [-0.4, -0.2) is 14.9 Å². The van der Waals surface area contributed by atoms with E-state index in [-0.39, 0.29) is 5.12 Å².